The highest BCUT2D eigenvalue weighted by Crippen LogP contribution is 2.20. The molecule has 0 fully saturated rings. The van der Waals surface area contributed by atoms with E-state index >= 15 is 0 Å². The summed E-state index contributed by atoms with van der Waals surface area (Å²) in [5.74, 6) is -0.308. The van der Waals surface area contributed by atoms with Gasteiger partial charge < -0.3 is 0 Å². The summed E-state index contributed by atoms with van der Waals surface area (Å²) in [7, 11) is 0. The van der Waals surface area contributed by atoms with Crippen molar-refractivity contribution in [1.82, 2.24) is 4.98 Å². The van der Waals surface area contributed by atoms with Gasteiger partial charge in [-0.3, -0.25) is 4.79 Å². The fourth-order valence-corrected chi connectivity index (χ4v) is 3.03. The van der Waals surface area contributed by atoms with Gasteiger partial charge in [-0.15, -0.1) is 0 Å². The standard InChI is InChI=1S/C22H16FN2O/c23-20-11-4-3-9-19(20)21-12-13-25(15-24-21)14-22(26)18-10-5-7-16-6-1-2-8-17(16)18/h1-13,15H,14H2/q+1. The Morgan fingerprint density at radius 1 is 0.923 bits per heavy atom. The van der Waals surface area contributed by atoms with Gasteiger partial charge in [-0.05, 0) is 27.9 Å². The van der Waals surface area contributed by atoms with E-state index in [0.717, 1.165) is 10.8 Å². The molecular weight excluding hydrogens is 327 g/mol. The fourth-order valence-electron chi connectivity index (χ4n) is 3.03. The van der Waals surface area contributed by atoms with E-state index in [4.69, 9.17) is 0 Å². The van der Waals surface area contributed by atoms with E-state index in [-0.39, 0.29) is 18.1 Å². The Morgan fingerprint density at radius 3 is 2.50 bits per heavy atom. The summed E-state index contributed by atoms with van der Waals surface area (Å²) >= 11 is 0. The van der Waals surface area contributed by atoms with Gasteiger partial charge >= 0.3 is 0 Å². The second-order valence-electron chi connectivity index (χ2n) is 6.05. The molecule has 0 saturated carbocycles. The maximum atomic E-state index is 13.9. The van der Waals surface area contributed by atoms with Gasteiger partial charge in [0.15, 0.2) is 12.2 Å². The molecule has 4 heteroatoms. The van der Waals surface area contributed by atoms with Crippen LogP contribution in [0.25, 0.3) is 22.0 Å². The lowest BCUT2D eigenvalue weighted by molar-refractivity contribution is -0.686. The third-order valence-electron chi connectivity index (χ3n) is 4.34. The molecular formula is C22H16FN2O+. The van der Waals surface area contributed by atoms with Crippen LogP contribution in [0.3, 0.4) is 0 Å². The van der Waals surface area contributed by atoms with E-state index in [1.165, 1.54) is 6.07 Å². The predicted molar refractivity (Wildman–Crippen MR) is 98.1 cm³/mol. The number of fused-ring (bicyclic) bond motifs is 1. The van der Waals surface area contributed by atoms with Crippen molar-refractivity contribution >= 4 is 16.6 Å². The number of carbonyl (C=O) groups excluding carboxylic acids is 1. The zero-order chi connectivity index (χ0) is 17.9. The number of hydrogen-bond acceptors (Lipinski definition) is 2. The van der Waals surface area contributed by atoms with E-state index in [1.54, 1.807) is 41.4 Å². The molecule has 0 aliphatic heterocycles. The van der Waals surface area contributed by atoms with Gasteiger partial charge in [0, 0.05) is 11.6 Å². The molecule has 1 aromatic heterocycles. The molecule has 0 saturated heterocycles. The summed E-state index contributed by atoms with van der Waals surface area (Å²) in [5.41, 5.74) is 1.67. The number of rotatable bonds is 4. The Hall–Kier alpha value is -3.40. The Labute approximate surface area is 150 Å². The SMILES string of the molecule is O=C(C[n+]1ccc(-c2ccccc2F)nc1)c1cccc2ccccc12. The molecule has 1 heterocycles. The minimum Gasteiger partial charge on any atom is -0.290 e. The highest BCUT2D eigenvalue weighted by Gasteiger charge is 2.15. The first kappa shape index (κ1) is 16.1. The topological polar surface area (TPSA) is 33.8 Å². The zero-order valence-electron chi connectivity index (χ0n) is 14.0. The number of benzene rings is 3. The Bertz CT molecular complexity index is 1090. The van der Waals surface area contributed by atoms with Crippen LogP contribution in [0.15, 0.2) is 85.3 Å². The van der Waals surface area contributed by atoms with Crippen LogP contribution in [0, 0.1) is 5.82 Å². The maximum absolute atomic E-state index is 13.9. The number of carbonyl (C=O) groups is 1. The maximum Gasteiger partial charge on any atom is 0.287 e. The van der Waals surface area contributed by atoms with Crippen molar-refractivity contribution in [3.05, 3.63) is 96.7 Å². The molecule has 0 bridgehead atoms. The number of Topliss-reactive ketones (excluding diaryl/α,β-unsaturated/α-hetero) is 1. The summed E-state index contributed by atoms with van der Waals surface area (Å²) in [6.45, 7) is 0.179. The smallest absolute Gasteiger partial charge is 0.287 e. The zero-order valence-corrected chi connectivity index (χ0v) is 14.0. The van der Waals surface area contributed by atoms with Crippen LogP contribution in [0.2, 0.25) is 0 Å². The third-order valence-corrected chi connectivity index (χ3v) is 4.34. The Balaban J connectivity index is 1.59. The van der Waals surface area contributed by atoms with Crippen LogP contribution in [-0.2, 0) is 6.54 Å². The monoisotopic (exact) mass is 343 g/mol. The van der Waals surface area contributed by atoms with Crippen molar-refractivity contribution in [3.8, 4) is 11.3 Å². The van der Waals surface area contributed by atoms with Crippen molar-refractivity contribution in [1.29, 1.82) is 0 Å². The molecule has 0 aliphatic rings. The van der Waals surface area contributed by atoms with Gasteiger partial charge in [0.2, 0.25) is 5.78 Å². The Morgan fingerprint density at radius 2 is 1.69 bits per heavy atom. The van der Waals surface area contributed by atoms with Crippen LogP contribution in [0.1, 0.15) is 10.4 Å². The van der Waals surface area contributed by atoms with Crippen molar-refractivity contribution < 1.29 is 13.8 Å². The van der Waals surface area contributed by atoms with Crippen LogP contribution >= 0.6 is 0 Å². The lowest BCUT2D eigenvalue weighted by atomic mass is 10.0. The highest BCUT2D eigenvalue weighted by atomic mass is 19.1. The molecule has 4 rings (SSSR count). The molecule has 0 atom stereocenters. The summed E-state index contributed by atoms with van der Waals surface area (Å²) < 4.78 is 15.6. The molecule has 0 aliphatic carbocycles. The quantitative estimate of drug-likeness (QED) is 0.411. The molecule has 4 aromatic rings. The predicted octanol–water partition coefficient (Wildman–Crippen LogP) is 4.21. The summed E-state index contributed by atoms with van der Waals surface area (Å²) in [4.78, 5) is 17.0. The highest BCUT2D eigenvalue weighted by molar-refractivity contribution is 6.07. The van der Waals surface area contributed by atoms with Crippen LogP contribution in [-0.4, -0.2) is 10.8 Å². The summed E-state index contributed by atoms with van der Waals surface area (Å²) in [6.07, 6.45) is 3.31. The average molecular weight is 343 g/mol. The van der Waals surface area contributed by atoms with Gasteiger partial charge in [0.1, 0.15) is 5.82 Å². The van der Waals surface area contributed by atoms with Crippen LogP contribution in [0.4, 0.5) is 4.39 Å². The van der Waals surface area contributed by atoms with Gasteiger partial charge in [0.05, 0.1) is 11.8 Å². The van der Waals surface area contributed by atoms with Gasteiger partial charge in [-0.1, -0.05) is 54.6 Å². The first-order valence-electron chi connectivity index (χ1n) is 8.33. The first-order valence-corrected chi connectivity index (χ1v) is 8.33. The molecule has 0 N–H and O–H groups in total. The van der Waals surface area contributed by atoms with E-state index in [9.17, 15) is 9.18 Å². The average Bonchev–Trinajstić information content (AvgIpc) is 2.68. The first-order chi connectivity index (χ1) is 12.7. The fraction of sp³-hybridized carbons (Fsp3) is 0.0455. The third kappa shape index (κ3) is 3.09. The molecule has 0 unspecified atom stereocenters. The molecule has 0 amide bonds. The van der Waals surface area contributed by atoms with Crippen molar-refractivity contribution in [2.24, 2.45) is 0 Å². The van der Waals surface area contributed by atoms with Crippen molar-refractivity contribution in [3.63, 3.8) is 0 Å². The summed E-state index contributed by atoms with van der Waals surface area (Å²) in [6, 6.07) is 21.8. The molecule has 0 spiro atoms. The minimum absolute atomic E-state index is 0.00671. The number of ketones is 1. The molecule has 26 heavy (non-hydrogen) atoms. The van der Waals surface area contributed by atoms with Gasteiger partial charge in [-0.25, -0.2) is 8.96 Å². The number of hydrogen-bond donors (Lipinski definition) is 0. The van der Waals surface area contributed by atoms with E-state index < -0.39 is 0 Å². The van der Waals surface area contributed by atoms with Crippen molar-refractivity contribution in [2.75, 3.05) is 0 Å². The molecule has 3 aromatic carbocycles. The van der Waals surface area contributed by atoms with Crippen LogP contribution < -0.4 is 4.57 Å². The minimum atomic E-state index is -0.315. The van der Waals surface area contributed by atoms with Gasteiger partial charge in [0.25, 0.3) is 6.33 Å². The normalized spacial score (nSPS) is 10.8. The van der Waals surface area contributed by atoms with E-state index in [1.807, 2.05) is 42.5 Å². The van der Waals surface area contributed by atoms with Crippen LogP contribution in [0.5, 0.6) is 0 Å². The number of aromatic nitrogens is 2. The number of halogens is 1. The largest absolute Gasteiger partial charge is 0.290 e. The van der Waals surface area contributed by atoms with Crippen molar-refractivity contribution in [2.45, 2.75) is 6.54 Å². The second-order valence-corrected chi connectivity index (χ2v) is 6.05. The lowest BCUT2D eigenvalue weighted by Gasteiger charge is -2.05. The Kier molecular flexibility index (Phi) is 4.23. The molecule has 0 radical (unpaired) electrons. The van der Waals surface area contributed by atoms with E-state index in [2.05, 4.69) is 4.98 Å². The second kappa shape index (κ2) is 6.84. The summed E-state index contributed by atoms with van der Waals surface area (Å²) in [5, 5.41) is 1.98. The molecule has 126 valence electrons. The number of nitrogens with zero attached hydrogens (tertiary/aromatic N) is 2. The van der Waals surface area contributed by atoms with E-state index in [0.29, 0.717) is 16.8 Å². The molecule has 3 nitrogen and oxygen atoms in total. The van der Waals surface area contributed by atoms with Gasteiger partial charge in [-0.2, -0.15) is 0 Å². The lowest BCUT2D eigenvalue weighted by Crippen LogP contribution is -2.37.